The van der Waals surface area contributed by atoms with Crippen LogP contribution in [0.4, 0.5) is 0 Å². The molecule has 1 fully saturated rings. The molecule has 1 aromatic carbocycles. The topological polar surface area (TPSA) is 50.2 Å². The highest BCUT2D eigenvalue weighted by Crippen LogP contribution is 2.26. The van der Waals surface area contributed by atoms with Gasteiger partial charge in [-0.2, -0.15) is 5.10 Å². The van der Waals surface area contributed by atoms with Gasteiger partial charge >= 0.3 is 0 Å². The zero-order valence-corrected chi connectivity index (χ0v) is 16.2. The van der Waals surface area contributed by atoms with Gasteiger partial charge in [-0.05, 0) is 53.3 Å². The summed E-state index contributed by atoms with van der Waals surface area (Å²) in [4.78, 5) is 14.8. The third-order valence-corrected chi connectivity index (χ3v) is 5.25. The predicted molar refractivity (Wildman–Crippen MR) is 102 cm³/mol. The van der Waals surface area contributed by atoms with Gasteiger partial charge in [0.05, 0.1) is 16.7 Å². The third kappa shape index (κ3) is 5.16. The maximum Gasteiger partial charge on any atom is 0.241 e. The van der Waals surface area contributed by atoms with Crippen LogP contribution in [0.25, 0.3) is 0 Å². The molecule has 0 saturated carbocycles. The summed E-state index contributed by atoms with van der Waals surface area (Å²) in [7, 11) is 0. The number of hydrogen-bond acceptors (Lipinski definition) is 3. The van der Waals surface area contributed by atoms with E-state index in [2.05, 4.69) is 62.4 Å². The third-order valence-electron chi connectivity index (χ3n) is 4.84. The largest absolute Gasteiger partial charge is 0.353 e. The molecule has 0 bridgehead atoms. The van der Waals surface area contributed by atoms with Gasteiger partial charge in [0.1, 0.15) is 6.54 Å². The zero-order valence-electron chi connectivity index (χ0n) is 14.6. The van der Waals surface area contributed by atoms with Gasteiger partial charge in [0.25, 0.3) is 0 Å². The highest BCUT2D eigenvalue weighted by atomic mass is 79.9. The van der Waals surface area contributed by atoms with E-state index in [4.69, 9.17) is 0 Å². The van der Waals surface area contributed by atoms with Crippen molar-refractivity contribution in [3.63, 3.8) is 0 Å². The first-order valence-corrected chi connectivity index (χ1v) is 9.65. The minimum absolute atomic E-state index is 0.0121. The van der Waals surface area contributed by atoms with Crippen molar-refractivity contribution in [2.45, 2.75) is 32.4 Å². The molecule has 0 spiro atoms. The fourth-order valence-electron chi connectivity index (χ4n) is 3.31. The number of likely N-dealkylation sites (tertiary alicyclic amines) is 1. The molecule has 2 aromatic rings. The van der Waals surface area contributed by atoms with Crippen molar-refractivity contribution in [3.8, 4) is 0 Å². The maximum absolute atomic E-state index is 12.3. The van der Waals surface area contributed by atoms with E-state index in [9.17, 15) is 4.79 Å². The molecule has 1 aliphatic rings. The number of carbonyl (C=O) groups excluding carboxylic acids is 1. The summed E-state index contributed by atoms with van der Waals surface area (Å²) in [6.07, 6.45) is 5.94. The number of rotatable bonds is 6. The van der Waals surface area contributed by atoms with E-state index in [1.54, 1.807) is 17.1 Å². The van der Waals surface area contributed by atoms with Crippen LogP contribution in [0.15, 0.2) is 47.2 Å². The van der Waals surface area contributed by atoms with E-state index >= 15 is 0 Å². The highest BCUT2D eigenvalue weighted by Gasteiger charge is 2.25. The number of halogens is 1. The van der Waals surface area contributed by atoms with Crippen LogP contribution in [0.2, 0.25) is 0 Å². The molecule has 1 N–H and O–H groups in total. The molecule has 2 heterocycles. The average molecular weight is 405 g/mol. The Morgan fingerprint density at radius 1 is 1.32 bits per heavy atom. The first kappa shape index (κ1) is 18.1. The standard InChI is InChI=1S/C19H25BrN4O/c1-15-7-9-23(10-8-15)18(16-5-3-2-4-6-16)12-21-19(25)14-24-13-17(20)11-22-24/h2-6,11,13,15,18H,7-10,12,14H2,1H3,(H,21,25). The van der Waals surface area contributed by atoms with E-state index in [1.807, 2.05) is 6.07 Å². The van der Waals surface area contributed by atoms with Crippen LogP contribution >= 0.6 is 15.9 Å². The Bertz CT molecular complexity index is 680. The number of nitrogens with zero attached hydrogens (tertiary/aromatic N) is 3. The lowest BCUT2D eigenvalue weighted by Crippen LogP contribution is -2.42. The fraction of sp³-hybridized carbons (Fsp3) is 0.474. The highest BCUT2D eigenvalue weighted by molar-refractivity contribution is 9.10. The van der Waals surface area contributed by atoms with Crippen LogP contribution in [0, 0.1) is 5.92 Å². The van der Waals surface area contributed by atoms with Crippen LogP contribution in [0.5, 0.6) is 0 Å². The molecule has 1 aliphatic heterocycles. The molecule has 1 aromatic heterocycles. The van der Waals surface area contributed by atoms with Crippen LogP contribution in [0.1, 0.15) is 31.4 Å². The van der Waals surface area contributed by atoms with Gasteiger partial charge in [-0.3, -0.25) is 14.4 Å². The monoisotopic (exact) mass is 404 g/mol. The van der Waals surface area contributed by atoms with E-state index in [0.717, 1.165) is 23.5 Å². The SMILES string of the molecule is CC1CCN(C(CNC(=O)Cn2cc(Br)cn2)c2ccccc2)CC1. The normalized spacial score (nSPS) is 17.4. The molecule has 134 valence electrons. The second kappa shape index (κ2) is 8.63. The predicted octanol–water partition coefficient (Wildman–Crippen LogP) is 3.24. The van der Waals surface area contributed by atoms with Crippen LogP contribution in [-0.2, 0) is 11.3 Å². The van der Waals surface area contributed by atoms with Gasteiger partial charge in [0.15, 0.2) is 0 Å². The minimum atomic E-state index is -0.0121. The Hall–Kier alpha value is -1.66. The number of amides is 1. The number of nitrogens with one attached hydrogen (secondary N) is 1. The first-order valence-electron chi connectivity index (χ1n) is 8.85. The lowest BCUT2D eigenvalue weighted by atomic mass is 9.95. The molecule has 1 saturated heterocycles. The maximum atomic E-state index is 12.3. The Morgan fingerprint density at radius 2 is 2.04 bits per heavy atom. The summed E-state index contributed by atoms with van der Waals surface area (Å²) in [6.45, 7) is 5.36. The second-order valence-electron chi connectivity index (χ2n) is 6.81. The summed E-state index contributed by atoms with van der Waals surface area (Å²) in [5.74, 6) is 0.780. The van der Waals surface area contributed by atoms with E-state index in [0.29, 0.717) is 6.54 Å². The van der Waals surface area contributed by atoms with Crippen molar-refractivity contribution < 1.29 is 4.79 Å². The number of hydrogen-bond donors (Lipinski definition) is 1. The smallest absolute Gasteiger partial charge is 0.241 e. The van der Waals surface area contributed by atoms with E-state index < -0.39 is 0 Å². The average Bonchev–Trinajstić information content (AvgIpc) is 3.02. The Balaban J connectivity index is 1.62. The molecule has 25 heavy (non-hydrogen) atoms. The first-order chi connectivity index (χ1) is 12.1. The molecule has 1 atom stereocenters. The molecule has 1 unspecified atom stereocenters. The second-order valence-corrected chi connectivity index (χ2v) is 7.72. The lowest BCUT2D eigenvalue weighted by molar-refractivity contribution is -0.122. The quantitative estimate of drug-likeness (QED) is 0.803. The van der Waals surface area contributed by atoms with Gasteiger partial charge < -0.3 is 5.32 Å². The molecule has 0 radical (unpaired) electrons. The fourth-order valence-corrected chi connectivity index (χ4v) is 3.64. The number of aromatic nitrogens is 2. The van der Waals surface area contributed by atoms with Crippen molar-refractivity contribution >= 4 is 21.8 Å². The van der Waals surface area contributed by atoms with Crippen LogP contribution < -0.4 is 5.32 Å². The summed E-state index contributed by atoms with van der Waals surface area (Å²) in [5, 5.41) is 7.23. The van der Waals surface area contributed by atoms with Gasteiger partial charge in [0, 0.05) is 12.7 Å². The summed E-state index contributed by atoms with van der Waals surface area (Å²) >= 11 is 3.35. The Morgan fingerprint density at radius 3 is 2.68 bits per heavy atom. The molecule has 6 heteroatoms. The summed E-state index contributed by atoms with van der Waals surface area (Å²) < 4.78 is 2.52. The van der Waals surface area contributed by atoms with Gasteiger partial charge in [-0.15, -0.1) is 0 Å². The summed E-state index contributed by atoms with van der Waals surface area (Å²) in [5.41, 5.74) is 1.26. The van der Waals surface area contributed by atoms with Crippen molar-refractivity contribution in [2.24, 2.45) is 5.92 Å². The number of benzene rings is 1. The number of piperidine rings is 1. The van der Waals surface area contributed by atoms with Crippen molar-refractivity contribution in [3.05, 3.63) is 52.8 Å². The van der Waals surface area contributed by atoms with Crippen molar-refractivity contribution in [1.29, 1.82) is 0 Å². The lowest BCUT2D eigenvalue weighted by Gasteiger charge is -2.37. The number of carbonyl (C=O) groups is 1. The van der Waals surface area contributed by atoms with Gasteiger partial charge in [-0.25, -0.2) is 0 Å². The molecule has 1 amide bonds. The molecular weight excluding hydrogens is 380 g/mol. The zero-order chi connectivity index (χ0) is 17.6. The van der Waals surface area contributed by atoms with Crippen molar-refractivity contribution in [2.75, 3.05) is 19.6 Å². The van der Waals surface area contributed by atoms with Crippen molar-refractivity contribution in [1.82, 2.24) is 20.0 Å². The molecule has 5 nitrogen and oxygen atoms in total. The van der Waals surface area contributed by atoms with E-state index in [1.165, 1.54) is 18.4 Å². The summed E-state index contributed by atoms with van der Waals surface area (Å²) in [6, 6.07) is 10.7. The molecule has 3 rings (SSSR count). The Kier molecular flexibility index (Phi) is 6.26. The van der Waals surface area contributed by atoms with Gasteiger partial charge in [-0.1, -0.05) is 37.3 Å². The molecule has 0 aliphatic carbocycles. The van der Waals surface area contributed by atoms with Crippen LogP contribution in [0.3, 0.4) is 0 Å². The Labute approximate surface area is 157 Å². The minimum Gasteiger partial charge on any atom is -0.353 e. The van der Waals surface area contributed by atoms with Crippen LogP contribution in [-0.4, -0.2) is 40.2 Å². The van der Waals surface area contributed by atoms with E-state index in [-0.39, 0.29) is 18.5 Å². The molecular formula is C19H25BrN4O. The van der Waals surface area contributed by atoms with Gasteiger partial charge in [0.2, 0.25) is 5.91 Å².